The van der Waals surface area contributed by atoms with Crippen molar-refractivity contribution in [3.8, 4) is 23.3 Å². The summed E-state index contributed by atoms with van der Waals surface area (Å²) < 4.78 is 26.4. The van der Waals surface area contributed by atoms with E-state index in [0.29, 0.717) is 30.9 Å². The second-order valence-corrected chi connectivity index (χ2v) is 7.68. The molecule has 32 heavy (non-hydrogen) atoms. The van der Waals surface area contributed by atoms with Crippen molar-refractivity contribution in [1.82, 2.24) is 19.7 Å². The molecular weight excluding hydrogens is 413 g/mol. The molecule has 0 spiro atoms. The number of carbonyl (C=O) groups excluding carboxylic acids is 1. The summed E-state index contributed by atoms with van der Waals surface area (Å²) in [6.45, 7) is 4.48. The van der Waals surface area contributed by atoms with Crippen LogP contribution in [-0.2, 0) is 13.0 Å². The molecule has 0 unspecified atom stereocenters. The smallest absolute Gasteiger partial charge is 0.261 e. The summed E-state index contributed by atoms with van der Waals surface area (Å²) in [7, 11) is 1.43. The number of hydrogen-bond donors (Lipinski definition) is 0. The Kier molecular flexibility index (Phi) is 5.77. The van der Waals surface area contributed by atoms with Gasteiger partial charge in [-0.15, -0.1) is 0 Å². The first-order valence-corrected chi connectivity index (χ1v) is 10.2. The Labute approximate surface area is 184 Å². The van der Waals surface area contributed by atoms with Crippen molar-refractivity contribution in [2.24, 2.45) is 0 Å². The summed E-state index contributed by atoms with van der Waals surface area (Å²) in [6, 6.07) is 6.62. The van der Waals surface area contributed by atoms with E-state index in [1.165, 1.54) is 19.4 Å². The lowest BCUT2D eigenvalue weighted by Gasteiger charge is -2.28. The second kappa shape index (κ2) is 8.67. The van der Waals surface area contributed by atoms with E-state index in [4.69, 9.17) is 9.47 Å². The fourth-order valence-electron chi connectivity index (χ4n) is 3.72. The number of amides is 1. The normalized spacial score (nSPS) is 12.9. The van der Waals surface area contributed by atoms with E-state index in [-0.39, 0.29) is 28.9 Å². The Morgan fingerprint density at radius 3 is 2.81 bits per heavy atom. The van der Waals surface area contributed by atoms with Gasteiger partial charge in [0, 0.05) is 37.3 Å². The Morgan fingerprint density at radius 1 is 1.31 bits per heavy atom. The van der Waals surface area contributed by atoms with E-state index >= 15 is 0 Å². The Balaban J connectivity index is 1.67. The monoisotopic (exact) mass is 435 g/mol. The zero-order chi connectivity index (χ0) is 22.8. The van der Waals surface area contributed by atoms with E-state index in [1.807, 2.05) is 13.8 Å². The molecule has 164 valence electrons. The van der Waals surface area contributed by atoms with Crippen molar-refractivity contribution < 1.29 is 18.7 Å². The minimum Gasteiger partial charge on any atom is -0.494 e. The molecule has 0 atom stereocenters. The molecule has 0 saturated heterocycles. The van der Waals surface area contributed by atoms with Gasteiger partial charge in [-0.2, -0.15) is 10.4 Å². The van der Waals surface area contributed by atoms with Crippen LogP contribution in [0.15, 0.2) is 36.8 Å². The third-order valence-electron chi connectivity index (χ3n) is 5.12. The van der Waals surface area contributed by atoms with Gasteiger partial charge >= 0.3 is 0 Å². The molecule has 0 bridgehead atoms. The van der Waals surface area contributed by atoms with Crippen molar-refractivity contribution >= 4 is 5.91 Å². The number of nitriles is 1. The first-order valence-electron chi connectivity index (χ1n) is 10.2. The van der Waals surface area contributed by atoms with Gasteiger partial charge in [0.05, 0.1) is 42.6 Å². The fraction of sp³-hybridized carbons (Fsp3) is 0.304. The number of methoxy groups -OCH3 is 1. The Hall–Kier alpha value is -3.93. The van der Waals surface area contributed by atoms with Gasteiger partial charge in [0.15, 0.2) is 5.75 Å². The number of aromatic nitrogens is 3. The van der Waals surface area contributed by atoms with Crippen LogP contribution < -0.4 is 9.47 Å². The number of nitrogens with zero attached hydrogens (tertiary/aromatic N) is 5. The maximum absolute atomic E-state index is 13.6. The van der Waals surface area contributed by atoms with E-state index in [0.717, 1.165) is 17.5 Å². The predicted molar refractivity (Wildman–Crippen MR) is 113 cm³/mol. The lowest BCUT2D eigenvalue weighted by Crippen LogP contribution is -2.36. The first kappa shape index (κ1) is 21.3. The van der Waals surface area contributed by atoms with Crippen molar-refractivity contribution in [3.63, 3.8) is 0 Å². The van der Waals surface area contributed by atoms with Gasteiger partial charge in [-0.05, 0) is 26.0 Å². The average molecular weight is 435 g/mol. The molecule has 1 aliphatic heterocycles. The van der Waals surface area contributed by atoms with Crippen LogP contribution in [0.5, 0.6) is 11.5 Å². The molecule has 0 radical (unpaired) electrons. The average Bonchev–Trinajstić information content (AvgIpc) is 3.21. The van der Waals surface area contributed by atoms with Crippen molar-refractivity contribution in [2.75, 3.05) is 13.7 Å². The van der Waals surface area contributed by atoms with E-state index in [1.54, 1.807) is 27.9 Å². The third-order valence-corrected chi connectivity index (χ3v) is 5.12. The number of halogens is 1. The van der Waals surface area contributed by atoms with Crippen LogP contribution in [0.2, 0.25) is 0 Å². The van der Waals surface area contributed by atoms with Crippen molar-refractivity contribution in [1.29, 1.82) is 5.26 Å². The highest BCUT2D eigenvalue weighted by Crippen LogP contribution is 2.35. The van der Waals surface area contributed by atoms with Crippen LogP contribution in [0.4, 0.5) is 4.39 Å². The number of fused-ring (bicyclic) bond motifs is 1. The molecule has 3 heterocycles. The molecule has 9 heteroatoms. The Bertz CT molecular complexity index is 1210. The van der Waals surface area contributed by atoms with Gasteiger partial charge in [0.25, 0.3) is 5.91 Å². The van der Waals surface area contributed by atoms with Gasteiger partial charge in [0.1, 0.15) is 23.2 Å². The zero-order valence-corrected chi connectivity index (χ0v) is 18.0. The van der Waals surface area contributed by atoms with E-state index in [9.17, 15) is 14.4 Å². The summed E-state index contributed by atoms with van der Waals surface area (Å²) in [4.78, 5) is 19.1. The number of benzene rings is 1. The van der Waals surface area contributed by atoms with Crippen LogP contribution in [0, 0.1) is 17.1 Å². The summed E-state index contributed by atoms with van der Waals surface area (Å²) in [6.07, 6.45) is 4.81. The predicted octanol–water partition coefficient (Wildman–Crippen LogP) is 3.27. The molecule has 0 fully saturated rings. The summed E-state index contributed by atoms with van der Waals surface area (Å²) in [5, 5.41) is 14.0. The molecule has 8 nitrogen and oxygen atoms in total. The minimum atomic E-state index is -0.449. The van der Waals surface area contributed by atoms with Gasteiger partial charge in [-0.3, -0.25) is 9.78 Å². The lowest BCUT2D eigenvalue weighted by atomic mass is 10.0. The molecule has 0 aliphatic carbocycles. The van der Waals surface area contributed by atoms with Crippen LogP contribution >= 0.6 is 0 Å². The largest absolute Gasteiger partial charge is 0.494 e. The Morgan fingerprint density at radius 2 is 2.12 bits per heavy atom. The molecule has 3 aromatic rings. The second-order valence-electron chi connectivity index (χ2n) is 7.68. The minimum absolute atomic E-state index is 0.162. The molecule has 1 aliphatic rings. The first-order chi connectivity index (χ1) is 15.4. The van der Waals surface area contributed by atoms with Gasteiger partial charge < -0.3 is 14.4 Å². The maximum atomic E-state index is 13.6. The molecule has 1 aromatic carbocycles. The van der Waals surface area contributed by atoms with Crippen LogP contribution in [0.1, 0.15) is 41.0 Å². The fourth-order valence-corrected chi connectivity index (χ4v) is 3.72. The number of carbonyl (C=O) groups is 1. The SMILES string of the molecule is COc1c(C#N)ccc(OC(C)C)c1C(=O)N1CCc2nn(-c3cncc(F)c3)cc2C1. The van der Waals surface area contributed by atoms with Gasteiger partial charge in [-0.1, -0.05) is 0 Å². The zero-order valence-electron chi connectivity index (χ0n) is 18.0. The highest BCUT2D eigenvalue weighted by atomic mass is 19.1. The summed E-state index contributed by atoms with van der Waals surface area (Å²) in [5.41, 5.74) is 2.69. The van der Waals surface area contributed by atoms with Crippen LogP contribution in [-0.4, -0.2) is 45.3 Å². The summed E-state index contributed by atoms with van der Waals surface area (Å²) >= 11 is 0. The third kappa shape index (κ3) is 3.99. The number of hydrogen-bond acceptors (Lipinski definition) is 6. The van der Waals surface area contributed by atoms with E-state index in [2.05, 4.69) is 16.2 Å². The molecule has 0 N–H and O–H groups in total. The summed E-state index contributed by atoms with van der Waals surface area (Å²) in [5.74, 6) is -0.175. The molecule has 1 amide bonds. The highest BCUT2D eigenvalue weighted by Gasteiger charge is 2.30. The van der Waals surface area contributed by atoms with Gasteiger partial charge in [0.2, 0.25) is 0 Å². The maximum Gasteiger partial charge on any atom is 0.261 e. The van der Waals surface area contributed by atoms with Gasteiger partial charge in [-0.25, -0.2) is 9.07 Å². The molecule has 2 aromatic heterocycles. The molecule has 0 saturated carbocycles. The standard InChI is InChI=1S/C23H22FN5O3/c1-14(2)32-20-5-4-15(9-25)22(31-3)21(20)23(30)28-7-6-19-16(12-28)13-29(27-19)18-8-17(24)10-26-11-18/h4-5,8,10-11,13-14H,6-7,12H2,1-3H3. The van der Waals surface area contributed by atoms with Crippen molar-refractivity contribution in [3.05, 3.63) is 65.0 Å². The van der Waals surface area contributed by atoms with E-state index < -0.39 is 5.82 Å². The molecule has 4 rings (SSSR count). The number of ether oxygens (including phenoxy) is 2. The quantitative estimate of drug-likeness (QED) is 0.611. The van der Waals surface area contributed by atoms with Crippen LogP contribution in [0.3, 0.4) is 0 Å². The lowest BCUT2D eigenvalue weighted by molar-refractivity contribution is 0.0724. The van der Waals surface area contributed by atoms with Crippen LogP contribution in [0.25, 0.3) is 5.69 Å². The van der Waals surface area contributed by atoms with Crippen molar-refractivity contribution in [2.45, 2.75) is 32.9 Å². The topological polar surface area (TPSA) is 93.3 Å². The number of rotatable bonds is 5. The molecular formula is C23H22FN5O3. The highest BCUT2D eigenvalue weighted by molar-refractivity contribution is 6.00. The number of pyridine rings is 1.